The lowest BCUT2D eigenvalue weighted by molar-refractivity contribution is -0.122. The van der Waals surface area contributed by atoms with Crippen molar-refractivity contribution in [2.45, 2.75) is 43.7 Å². The molecule has 2 amide bonds. The van der Waals surface area contributed by atoms with Gasteiger partial charge in [-0.3, -0.25) is 14.7 Å². The number of hydrogen-bond acceptors (Lipinski definition) is 8. The number of anilines is 2. The van der Waals surface area contributed by atoms with Crippen LogP contribution < -0.4 is 15.4 Å². The number of carbonyl (C=O) groups is 2. The summed E-state index contributed by atoms with van der Waals surface area (Å²) in [5, 5.41) is 12.7. The lowest BCUT2D eigenvalue weighted by atomic mass is 9.99. The molecule has 15 heteroatoms. The van der Waals surface area contributed by atoms with Crippen molar-refractivity contribution in [2.75, 3.05) is 51.1 Å². The van der Waals surface area contributed by atoms with Crippen LogP contribution in [0.1, 0.15) is 48.3 Å². The molecule has 0 saturated carbocycles. The van der Waals surface area contributed by atoms with Gasteiger partial charge in [0.25, 0.3) is 5.91 Å². The minimum atomic E-state index is -4.36. The van der Waals surface area contributed by atoms with Gasteiger partial charge in [0.2, 0.25) is 15.9 Å². The number of carbonyl (C=O) groups excluding carboxylic acids is 2. The number of benzene rings is 2. The number of aromatic nitrogens is 2. The molecule has 5 rings (SSSR count). The summed E-state index contributed by atoms with van der Waals surface area (Å²) in [6.45, 7) is 5.02. The average Bonchev–Trinajstić information content (AvgIpc) is 3.50. The summed E-state index contributed by atoms with van der Waals surface area (Å²) < 4.78 is 67.1. The molecule has 2 aromatic carbocycles. The number of hydrogen-bond donors (Lipinski definition) is 3. The quantitative estimate of drug-likeness (QED) is 0.303. The number of nitrogens with zero attached hydrogens (tertiary/aromatic N) is 3. The molecule has 3 N–H and O–H groups in total. The Labute approximate surface area is 260 Å². The zero-order chi connectivity index (χ0) is 32.5. The molecule has 0 aliphatic carbocycles. The van der Waals surface area contributed by atoms with Crippen LogP contribution in [0.5, 0.6) is 5.75 Å². The van der Waals surface area contributed by atoms with Gasteiger partial charge in [-0.2, -0.15) is 9.40 Å². The average molecular weight is 647 g/mol. The molecule has 0 spiro atoms. The number of halogens is 2. The number of likely N-dealkylation sites (N-methyl/N-ethyl adjacent to an activating group) is 1. The van der Waals surface area contributed by atoms with Crippen molar-refractivity contribution in [1.82, 2.24) is 19.4 Å². The van der Waals surface area contributed by atoms with Gasteiger partial charge in [-0.1, -0.05) is 0 Å². The van der Waals surface area contributed by atoms with E-state index in [9.17, 15) is 26.8 Å². The summed E-state index contributed by atoms with van der Waals surface area (Å²) in [6.07, 6.45) is 1.12. The summed E-state index contributed by atoms with van der Waals surface area (Å²) in [6, 6.07) is 6.85. The topological polar surface area (TPSA) is 146 Å². The summed E-state index contributed by atoms with van der Waals surface area (Å²) in [5.41, 5.74) is 0.00266. The van der Waals surface area contributed by atoms with Gasteiger partial charge in [-0.05, 0) is 65.0 Å². The van der Waals surface area contributed by atoms with Crippen LogP contribution in [-0.2, 0) is 31.6 Å². The zero-order valence-electron chi connectivity index (χ0n) is 25.4. The maximum atomic E-state index is 13.9. The van der Waals surface area contributed by atoms with Gasteiger partial charge < -0.3 is 25.0 Å². The van der Waals surface area contributed by atoms with E-state index in [-0.39, 0.29) is 35.4 Å². The first-order chi connectivity index (χ1) is 21.3. The molecule has 3 heterocycles. The highest BCUT2D eigenvalue weighted by Crippen LogP contribution is 2.44. The summed E-state index contributed by atoms with van der Waals surface area (Å²) in [4.78, 5) is 28.2. The number of ether oxygens (including phenoxy) is 2. The highest BCUT2D eigenvalue weighted by molar-refractivity contribution is 7.89. The van der Waals surface area contributed by atoms with E-state index in [0.29, 0.717) is 62.3 Å². The van der Waals surface area contributed by atoms with Crippen molar-refractivity contribution in [3.8, 4) is 5.75 Å². The Morgan fingerprint density at radius 1 is 1.11 bits per heavy atom. The minimum Gasteiger partial charge on any atom is -0.492 e. The van der Waals surface area contributed by atoms with E-state index in [1.54, 1.807) is 26.0 Å². The third-order valence-electron chi connectivity index (χ3n) is 7.95. The molecule has 242 valence electrons. The molecular formula is C30H36F2N6O6S. The third kappa shape index (κ3) is 6.85. The molecule has 2 aliphatic rings. The fourth-order valence-electron chi connectivity index (χ4n) is 5.41. The Morgan fingerprint density at radius 2 is 1.80 bits per heavy atom. The Morgan fingerprint density at radius 3 is 2.47 bits per heavy atom. The normalized spacial score (nSPS) is 16.9. The van der Waals surface area contributed by atoms with Crippen molar-refractivity contribution in [3.63, 3.8) is 0 Å². The Balaban J connectivity index is 1.40. The van der Waals surface area contributed by atoms with E-state index in [2.05, 4.69) is 20.8 Å². The monoisotopic (exact) mass is 646 g/mol. The molecule has 1 aromatic heterocycles. The van der Waals surface area contributed by atoms with E-state index >= 15 is 0 Å². The first-order valence-electron chi connectivity index (χ1n) is 14.5. The van der Waals surface area contributed by atoms with Crippen molar-refractivity contribution in [2.24, 2.45) is 5.92 Å². The summed E-state index contributed by atoms with van der Waals surface area (Å²) in [7, 11) is -0.524. The van der Waals surface area contributed by atoms with Crippen molar-refractivity contribution in [3.05, 3.63) is 64.9 Å². The van der Waals surface area contributed by atoms with Crippen LogP contribution in [0.2, 0.25) is 0 Å². The van der Waals surface area contributed by atoms with Gasteiger partial charge in [-0.25, -0.2) is 17.2 Å². The van der Waals surface area contributed by atoms with E-state index in [4.69, 9.17) is 9.47 Å². The Hall–Kier alpha value is -3.92. The maximum Gasteiger partial charge on any atom is 0.258 e. The second-order valence-corrected chi connectivity index (χ2v) is 13.7. The Kier molecular flexibility index (Phi) is 9.26. The smallest absolute Gasteiger partial charge is 0.258 e. The molecule has 45 heavy (non-hydrogen) atoms. The van der Waals surface area contributed by atoms with Crippen molar-refractivity contribution < 1.29 is 36.3 Å². The highest BCUT2D eigenvalue weighted by atomic mass is 32.2. The second kappa shape index (κ2) is 12.8. The molecule has 0 radical (unpaired) electrons. The van der Waals surface area contributed by atoms with Crippen LogP contribution in [0, 0.1) is 17.6 Å². The van der Waals surface area contributed by atoms with Gasteiger partial charge in [0.15, 0.2) is 5.82 Å². The molecule has 0 bridgehead atoms. The van der Waals surface area contributed by atoms with Gasteiger partial charge in [0.1, 0.15) is 24.0 Å². The molecule has 12 nitrogen and oxygen atoms in total. The van der Waals surface area contributed by atoms with Crippen LogP contribution in [0.15, 0.2) is 41.3 Å². The molecule has 1 saturated heterocycles. The molecule has 0 unspecified atom stereocenters. The lowest BCUT2D eigenvalue weighted by Crippen LogP contribution is -2.40. The number of fused-ring (bicyclic) bond motifs is 1. The van der Waals surface area contributed by atoms with Gasteiger partial charge in [0, 0.05) is 49.9 Å². The first kappa shape index (κ1) is 32.5. The molecule has 3 aromatic rings. The highest BCUT2D eigenvalue weighted by Gasteiger charge is 2.48. The van der Waals surface area contributed by atoms with Crippen LogP contribution >= 0.6 is 0 Å². The van der Waals surface area contributed by atoms with Crippen LogP contribution in [-0.4, -0.2) is 80.1 Å². The van der Waals surface area contributed by atoms with Crippen molar-refractivity contribution in [1.29, 1.82) is 0 Å². The minimum absolute atomic E-state index is 0.0826. The lowest BCUT2D eigenvalue weighted by Gasteiger charge is -2.30. The fourth-order valence-corrected chi connectivity index (χ4v) is 7.18. The fraction of sp³-hybridized carbons (Fsp3) is 0.433. The van der Waals surface area contributed by atoms with Crippen LogP contribution in [0.4, 0.5) is 20.3 Å². The zero-order valence-corrected chi connectivity index (χ0v) is 26.3. The second-order valence-electron chi connectivity index (χ2n) is 11.8. The van der Waals surface area contributed by atoms with E-state index in [1.807, 2.05) is 19.0 Å². The predicted molar refractivity (Wildman–Crippen MR) is 161 cm³/mol. The maximum absolute atomic E-state index is 13.9. The number of rotatable bonds is 10. The Bertz CT molecular complexity index is 1680. The van der Waals surface area contributed by atoms with Gasteiger partial charge >= 0.3 is 0 Å². The third-order valence-corrected chi connectivity index (χ3v) is 9.95. The molecule has 1 fully saturated rings. The van der Waals surface area contributed by atoms with E-state index in [1.165, 1.54) is 6.07 Å². The number of amides is 2. The summed E-state index contributed by atoms with van der Waals surface area (Å²) in [5.74, 6) is -2.61. The molecular weight excluding hydrogens is 610 g/mol. The number of nitrogens with one attached hydrogen (secondary N) is 3. The standard InChI is InChI=1S/C30H36F2N6O6S/c1-30(2)26-24(17-38(30)45(41,42)22-14-19(31)13-20(32)15-22)27(36-35-26)34-29(40)23-6-5-21(44-12-9-37(3)4)16-25(23)33-28(39)18-7-10-43-11-8-18/h5-6,13-16,18H,7-12,17H2,1-4H3,(H,33,39)(H2,34,35,36,40). The van der Waals surface area contributed by atoms with Crippen LogP contribution in [0.25, 0.3) is 0 Å². The van der Waals surface area contributed by atoms with Crippen molar-refractivity contribution >= 4 is 33.3 Å². The predicted octanol–water partition coefficient (Wildman–Crippen LogP) is 3.69. The van der Waals surface area contributed by atoms with Crippen LogP contribution in [0.3, 0.4) is 0 Å². The number of sulfonamides is 1. The SMILES string of the molecule is CN(C)CCOc1ccc(C(=O)Nc2n[nH]c3c2CN(S(=O)(=O)c2cc(F)cc(F)c2)C3(C)C)c(NC(=O)C2CCOCC2)c1. The first-order valence-corrected chi connectivity index (χ1v) is 15.9. The molecule has 0 atom stereocenters. The van der Waals surface area contributed by atoms with E-state index in [0.717, 1.165) is 16.4 Å². The van der Waals surface area contributed by atoms with E-state index < -0.39 is 38.0 Å². The largest absolute Gasteiger partial charge is 0.492 e. The number of H-pyrrole nitrogens is 1. The molecule has 2 aliphatic heterocycles. The van der Waals surface area contributed by atoms with Gasteiger partial charge in [-0.15, -0.1) is 0 Å². The number of aromatic amines is 1. The van der Waals surface area contributed by atoms with Gasteiger partial charge in [0.05, 0.1) is 27.4 Å². The summed E-state index contributed by atoms with van der Waals surface area (Å²) >= 11 is 0.